The average molecular weight is 218 g/mol. The lowest BCUT2D eigenvalue weighted by atomic mass is 10.1. The summed E-state index contributed by atoms with van der Waals surface area (Å²) in [6.07, 6.45) is 0. The molecule has 3 nitrogen and oxygen atoms in total. The van der Waals surface area contributed by atoms with Crippen LogP contribution in [0.4, 0.5) is 0 Å². The zero-order valence-corrected chi connectivity index (χ0v) is 9.94. The number of carbonyl (C=O) groups is 1. The van der Waals surface area contributed by atoms with Crippen LogP contribution in [0.15, 0.2) is 24.3 Å². The number of hydrogen-bond donors (Lipinski definition) is 0. The van der Waals surface area contributed by atoms with E-state index in [0.717, 1.165) is 37.3 Å². The Balaban J connectivity index is 2.08. The van der Waals surface area contributed by atoms with Crippen LogP contribution >= 0.6 is 0 Å². The number of carbonyl (C=O) groups excluding carboxylic acids is 1. The Kier molecular flexibility index (Phi) is 3.25. The zero-order chi connectivity index (χ0) is 11.5. The van der Waals surface area contributed by atoms with E-state index in [2.05, 4.69) is 11.9 Å². The molecule has 2 rings (SSSR count). The second-order valence-electron chi connectivity index (χ2n) is 4.46. The van der Waals surface area contributed by atoms with Crippen molar-refractivity contribution in [3.05, 3.63) is 35.4 Å². The third-order valence-corrected chi connectivity index (χ3v) is 3.06. The summed E-state index contributed by atoms with van der Waals surface area (Å²) < 4.78 is 0. The minimum Gasteiger partial charge on any atom is -0.336 e. The van der Waals surface area contributed by atoms with E-state index in [0.29, 0.717) is 0 Å². The molecule has 0 aromatic heterocycles. The van der Waals surface area contributed by atoms with E-state index in [9.17, 15) is 4.79 Å². The van der Waals surface area contributed by atoms with Crippen LogP contribution < -0.4 is 0 Å². The van der Waals surface area contributed by atoms with Gasteiger partial charge < -0.3 is 9.80 Å². The van der Waals surface area contributed by atoms with Crippen LogP contribution in [0.1, 0.15) is 15.9 Å². The molecule has 1 amide bonds. The first-order valence-electron chi connectivity index (χ1n) is 5.71. The van der Waals surface area contributed by atoms with E-state index in [1.54, 1.807) is 0 Å². The van der Waals surface area contributed by atoms with E-state index in [-0.39, 0.29) is 5.91 Å². The van der Waals surface area contributed by atoms with Crippen molar-refractivity contribution >= 4 is 5.91 Å². The molecule has 0 N–H and O–H groups in total. The molecule has 1 aromatic rings. The summed E-state index contributed by atoms with van der Waals surface area (Å²) in [7, 11) is 2.09. The Hall–Kier alpha value is -1.35. The number of piperazine rings is 1. The SMILES string of the molecule is Cc1cccc(C(=O)N2CCN(C)CC2)c1. The summed E-state index contributed by atoms with van der Waals surface area (Å²) in [5.74, 6) is 0.164. The highest BCUT2D eigenvalue weighted by molar-refractivity contribution is 5.94. The molecule has 86 valence electrons. The van der Waals surface area contributed by atoms with Gasteiger partial charge in [-0.15, -0.1) is 0 Å². The van der Waals surface area contributed by atoms with Crippen LogP contribution in [0.3, 0.4) is 0 Å². The summed E-state index contributed by atoms with van der Waals surface area (Å²) in [6, 6.07) is 7.81. The van der Waals surface area contributed by atoms with Crippen LogP contribution in [0.25, 0.3) is 0 Å². The van der Waals surface area contributed by atoms with E-state index in [1.807, 2.05) is 36.1 Å². The number of likely N-dealkylation sites (N-methyl/N-ethyl adjacent to an activating group) is 1. The first-order valence-corrected chi connectivity index (χ1v) is 5.71. The predicted molar refractivity (Wildman–Crippen MR) is 64.6 cm³/mol. The summed E-state index contributed by atoms with van der Waals surface area (Å²) in [5.41, 5.74) is 1.95. The maximum atomic E-state index is 12.2. The highest BCUT2D eigenvalue weighted by Gasteiger charge is 2.19. The molecule has 1 saturated heterocycles. The topological polar surface area (TPSA) is 23.6 Å². The minimum absolute atomic E-state index is 0.164. The molecule has 0 atom stereocenters. The number of aryl methyl sites for hydroxylation is 1. The Morgan fingerprint density at radius 2 is 1.88 bits per heavy atom. The lowest BCUT2D eigenvalue weighted by molar-refractivity contribution is 0.0664. The lowest BCUT2D eigenvalue weighted by Crippen LogP contribution is -2.47. The molecule has 1 heterocycles. The van der Waals surface area contributed by atoms with Gasteiger partial charge in [0.25, 0.3) is 5.91 Å². The van der Waals surface area contributed by atoms with Gasteiger partial charge in [0.05, 0.1) is 0 Å². The smallest absolute Gasteiger partial charge is 0.253 e. The normalized spacial score (nSPS) is 17.5. The van der Waals surface area contributed by atoms with Crippen LogP contribution in [0.2, 0.25) is 0 Å². The van der Waals surface area contributed by atoms with Crippen molar-refractivity contribution in [3.63, 3.8) is 0 Å². The van der Waals surface area contributed by atoms with Gasteiger partial charge >= 0.3 is 0 Å². The predicted octanol–water partition coefficient (Wildman–Crippen LogP) is 1.38. The van der Waals surface area contributed by atoms with Gasteiger partial charge in [-0.2, -0.15) is 0 Å². The number of hydrogen-bond acceptors (Lipinski definition) is 2. The Bertz CT molecular complexity index is 381. The number of nitrogens with zero attached hydrogens (tertiary/aromatic N) is 2. The fraction of sp³-hybridized carbons (Fsp3) is 0.462. The second kappa shape index (κ2) is 4.66. The van der Waals surface area contributed by atoms with E-state index in [1.165, 1.54) is 0 Å². The fourth-order valence-electron chi connectivity index (χ4n) is 1.97. The van der Waals surface area contributed by atoms with Gasteiger partial charge in [-0.1, -0.05) is 17.7 Å². The van der Waals surface area contributed by atoms with Gasteiger partial charge in [0.1, 0.15) is 0 Å². The largest absolute Gasteiger partial charge is 0.336 e. The Morgan fingerprint density at radius 3 is 2.50 bits per heavy atom. The van der Waals surface area contributed by atoms with Gasteiger partial charge in [0.2, 0.25) is 0 Å². The van der Waals surface area contributed by atoms with Crippen molar-refractivity contribution in [1.82, 2.24) is 9.80 Å². The van der Waals surface area contributed by atoms with Gasteiger partial charge in [-0.25, -0.2) is 0 Å². The molecule has 0 unspecified atom stereocenters. The van der Waals surface area contributed by atoms with Crippen LogP contribution in [0, 0.1) is 6.92 Å². The Morgan fingerprint density at radius 1 is 1.19 bits per heavy atom. The molecular weight excluding hydrogens is 200 g/mol. The summed E-state index contributed by atoms with van der Waals surface area (Å²) in [5, 5.41) is 0. The summed E-state index contributed by atoms with van der Waals surface area (Å²) in [4.78, 5) is 16.4. The van der Waals surface area contributed by atoms with Crippen molar-refractivity contribution in [1.29, 1.82) is 0 Å². The molecule has 1 aliphatic heterocycles. The minimum atomic E-state index is 0.164. The average Bonchev–Trinajstić information content (AvgIpc) is 2.29. The molecule has 0 spiro atoms. The highest BCUT2D eigenvalue weighted by Crippen LogP contribution is 2.09. The number of rotatable bonds is 1. The first-order chi connectivity index (χ1) is 7.66. The lowest BCUT2D eigenvalue weighted by Gasteiger charge is -2.32. The van der Waals surface area contributed by atoms with Gasteiger partial charge in [0, 0.05) is 31.7 Å². The molecule has 16 heavy (non-hydrogen) atoms. The summed E-state index contributed by atoms with van der Waals surface area (Å²) in [6.45, 7) is 5.63. The molecule has 1 aromatic carbocycles. The number of amides is 1. The van der Waals surface area contributed by atoms with Crippen molar-refractivity contribution in [2.75, 3.05) is 33.2 Å². The maximum absolute atomic E-state index is 12.2. The van der Waals surface area contributed by atoms with Gasteiger partial charge in [-0.05, 0) is 26.1 Å². The van der Waals surface area contributed by atoms with Crippen LogP contribution in [-0.2, 0) is 0 Å². The van der Waals surface area contributed by atoms with Crippen molar-refractivity contribution < 1.29 is 4.79 Å². The Labute approximate surface area is 96.7 Å². The molecular formula is C13H18N2O. The monoisotopic (exact) mass is 218 g/mol. The van der Waals surface area contributed by atoms with Crippen molar-refractivity contribution in [2.45, 2.75) is 6.92 Å². The summed E-state index contributed by atoms with van der Waals surface area (Å²) >= 11 is 0. The van der Waals surface area contributed by atoms with Gasteiger partial charge in [-0.3, -0.25) is 4.79 Å². The fourth-order valence-corrected chi connectivity index (χ4v) is 1.97. The third-order valence-electron chi connectivity index (χ3n) is 3.06. The van der Waals surface area contributed by atoms with E-state index < -0.39 is 0 Å². The highest BCUT2D eigenvalue weighted by atomic mass is 16.2. The second-order valence-corrected chi connectivity index (χ2v) is 4.46. The molecule has 0 aliphatic carbocycles. The molecule has 0 bridgehead atoms. The van der Waals surface area contributed by atoms with Crippen molar-refractivity contribution in [3.8, 4) is 0 Å². The quantitative estimate of drug-likeness (QED) is 0.711. The van der Waals surface area contributed by atoms with Crippen LogP contribution in [0.5, 0.6) is 0 Å². The standard InChI is InChI=1S/C13H18N2O/c1-11-4-3-5-12(10-11)13(16)15-8-6-14(2)7-9-15/h3-5,10H,6-9H2,1-2H3. The molecule has 1 aliphatic rings. The molecule has 1 fully saturated rings. The zero-order valence-electron chi connectivity index (χ0n) is 9.94. The van der Waals surface area contributed by atoms with E-state index >= 15 is 0 Å². The number of benzene rings is 1. The molecule has 3 heteroatoms. The molecule has 0 saturated carbocycles. The molecule has 0 radical (unpaired) electrons. The first kappa shape index (κ1) is 11.1. The third kappa shape index (κ3) is 2.42. The maximum Gasteiger partial charge on any atom is 0.253 e. The van der Waals surface area contributed by atoms with Gasteiger partial charge in [0.15, 0.2) is 0 Å². The van der Waals surface area contributed by atoms with Crippen LogP contribution in [-0.4, -0.2) is 48.9 Å². The van der Waals surface area contributed by atoms with Crippen molar-refractivity contribution in [2.24, 2.45) is 0 Å². The van der Waals surface area contributed by atoms with E-state index in [4.69, 9.17) is 0 Å².